The molecular formula is C30H34ClNO5. The molecule has 0 radical (unpaired) electrons. The maximum Gasteiger partial charge on any atom is 0.160 e. The van der Waals surface area contributed by atoms with Crippen LogP contribution in [-0.2, 0) is 17.8 Å². The number of hydrogen-bond acceptors (Lipinski definition) is 6. The van der Waals surface area contributed by atoms with Gasteiger partial charge in [-0.05, 0) is 79.1 Å². The van der Waals surface area contributed by atoms with E-state index in [1.54, 1.807) is 24.3 Å². The summed E-state index contributed by atoms with van der Waals surface area (Å²) in [6.45, 7) is 2.50. The van der Waals surface area contributed by atoms with Crippen molar-refractivity contribution in [2.45, 2.75) is 32.0 Å². The molecule has 1 N–H and O–H groups in total. The Morgan fingerprint density at radius 3 is 2.35 bits per heavy atom. The van der Waals surface area contributed by atoms with E-state index in [1.807, 2.05) is 48.5 Å². The molecule has 0 bridgehead atoms. The van der Waals surface area contributed by atoms with E-state index in [-0.39, 0.29) is 36.5 Å². The molecule has 3 aromatic carbocycles. The number of phenolic OH excluding ortho intramolecular Hbond substituents is 1. The van der Waals surface area contributed by atoms with E-state index >= 15 is 0 Å². The van der Waals surface area contributed by atoms with Crippen molar-refractivity contribution in [3.05, 3.63) is 89.5 Å². The topological polar surface area (TPSA) is 68.2 Å². The summed E-state index contributed by atoms with van der Waals surface area (Å²) in [7, 11) is 3.64. The van der Waals surface area contributed by atoms with Crippen molar-refractivity contribution >= 4 is 24.3 Å². The summed E-state index contributed by atoms with van der Waals surface area (Å²) in [5.74, 6) is 2.02. The van der Waals surface area contributed by atoms with Gasteiger partial charge in [-0.15, -0.1) is 12.4 Å². The predicted molar refractivity (Wildman–Crippen MR) is 148 cm³/mol. The van der Waals surface area contributed by atoms with E-state index in [9.17, 15) is 9.90 Å². The van der Waals surface area contributed by atoms with Crippen molar-refractivity contribution in [3.8, 4) is 23.0 Å². The number of ether oxygens (including phenoxy) is 3. The minimum absolute atomic E-state index is 0. The van der Waals surface area contributed by atoms with Crippen LogP contribution in [0.3, 0.4) is 0 Å². The number of halogens is 1. The molecule has 1 aliphatic rings. The lowest BCUT2D eigenvalue weighted by atomic mass is 10.0. The zero-order chi connectivity index (χ0) is 25.3. The summed E-state index contributed by atoms with van der Waals surface area (Å²) in [6, 6.07) is 20.6. The van der Waals surface area contributed by atoms with Gasteiger partial charge in [-0.3, -0.25) is 4.79 Å². The van der Waals surface area contributed by atoms with Crippen molar-refractivity contribution in [1.82, 2.24) is 4.90 Å². The molecule has 7 heteroatoms. The maximum absolute atomic E-state index is 12.6. The van der Waals surface area contributed by atoms with Gasteiger partial charge >= 0.3 is 0 Å². The highest BCUT2D eigenvalue weighted by molar-refractivity contribution is 5.95. The molecule has 1 aliphatic heterocycles. The zero-order valence-corrected chi connectivity index (χ0v) is 22.1. The number of piperidine rings is 1. The first-order valence-electron chi connectivity index (χ1n) is 12.2. The number of likely N-dealkylation sites (tertiary alicyclic amines) is 1. The highest BCUT2D eigenvalue weighted by Crippen LogP contribution is 2.27. The van der Waals surface area contributed by atoms with Crippen LogP contribution in [0.25, 0.3) is 6.08 Å². The number of hydrogen-bond donors (Lipinski definition) is 1. The SMILES string of the molecule is COc1ccc(/C=C/C(=O)Cc2ccccc2COc2ccc(OC3CCN(C)CC3)cc2)cc1O.Cl. The molecule has 0 saturated carbocycles. The second kappa shape index (κ2) is 13.7. The quantitative estimate of drug-likeness (QED) is 0.344. The third-order valence-corrected chi connectivity index (χ3v) is 6.33. The van der Waals surface area contributed by atoms with E-state index in [0.717, 1.165) is 54.1 Å². The van der Waals surface area contributed by atoms with Gasteiger partial charge in [0, 0.05) is 19.5 Å². The van der Waals surface area contributed by atoms with Gasteiger partial charge in [0.15, 0.2) is 17.3 Å². The monoisotopic (exact) mass is 523 g/mol. The van der Waals surface area contributed by atoms with Crippen molar-refractivity contribution in [3.63, 3.8) is 0 Å². The van der Waals surface area contributed by atoms with E-state index in [2.05, 4.69) is 11.9 Å². The number of phenols is 1. The fraction of sp³-hybridized carbons (Fsp3) is 0.300. The summed E-state index contributed by atoms with van der Waals surface area (Å²) in [6.07, 6.45) is 5.84. The summed E-state index contributed by atoms with van der Waals surface area (Å²) >= 11 is 0. The summed E-state index contributed by atoms with van der Waals surface area (Å²) in [5.41, 5.74) is 2.61. The number of ketones is 1. The molecule has 6 nitrogen and oxygen atoms in total. The van der Waals surface area contributed by atoms with Crippen LogP contribution in [0.5, 0.6) is 23.0 Å². The van der Waals surface area contributed by atoms with Crippen LogP contribution in [0.1, 0.15) is 29.5 Å². The smallest absolute Gasteiger partial charge is 0.160 e. The number of allylic oxidation sites excluding steroid dienone is 1. The maximum atomic E-state index is 12.6. The molecule has 0 amide bonds. The van der Waals surface area contributed by atoms with Gasteiger partial charge in [0.2, 0.25) is 0 Å². The fourth-order valence-electron chi connectivity index (χ4n) is 4.19. The Morgan fingerprint density at radius 1 is 1.00 bits per heavy atom. The van der Waals surface area contributed by atoms with Gasteiger partial charge in [0.05, 0.1) is 7.11 Å². The highest BCUT2D eigenvalue weighted by Gasteiger charge is 2.18. The van der Waals surface area contributed by atoms with Crippen LogP contribution in [-0.4, -0.2) is 49.1 Å². The molecule has 3 aromatic rings. The number of carbonyl (C=O) groups excluding carboxylic acids is 1. The highest BCUT2D eigenvalue weighted by atomic mass is 35.5. The van der Waals surface area contributed by atoms with Gasteiger partial charge in [0.1, 0.15) is 24.2 Å². The number of rotatable bonds is 10. The van der Waals surface area contributed by atoms with Crippen molar-refractivity contribution in [1.29, 1.82) is 0 Å². The number of methoxy groups -OCH3 is 1. The minimum Gasteiger partial charge on any atom is -0.504 e. The molecule has 1 heterocycles. The molecule has 1 fully saturated rings. The molecule has 0 unspecified atom stereocenters. The van der Waals surface area contributed by atoms with Crippen LogP contribution in [0.2, 0.25) is 0 Å². The Bertz CT molecular complexity index is 1190. The molecule has 196 valence electrons. The zero-order valence-electron chi connectivity index (χ0n) is 21.3. The van der Waals surface area contributed by atoms with Gasteiger partial charge in [0.25, 0.3) is 0 Å². The van der Waals surface area contributed by atoms with Gasteiger partial charge in [-0.25, -0.2) is 0 Å². The van der Waals surface area contributed by atoms with Crippen molar-refractivity contribution in [2.75, 3.05) is 27.2 Å². The normalized spacial score (nSPS) is 14.2. The molecule has 0 aromatic heterocycles. The molecule has 1 saturated heterocycles. The van der Waals surface area contributed by atoms with E-state index in [1.165, 1.54) is 13.2 Å². The van der Waals surface area contributed by atoms with E-state index in [4.69, 9.17) is 14.2 Å². The average molecular weight is 524 g/mol. The Kier molecular flexibility index (Phi) is 10.4. The number of carbonyl (C=O) groups is 1. The van der Waals surface area contributed by atoms with Crippen molar-refractivity contribution < 1.29 is 24.1 Å². The van der Waals surface area contributed by atoms with Crippen LogP contribution in [0.15, 0.2) is 72.8 Å². The molecule has 4 rings (SSSR count). The van der Waals surface area contributed by atoms with Crippen LogP contribution in [0.4, 0.5) is 0 Å². The van der Waals surface area contributed by atoms with Crippen LogP contribution < -0.4 is 14.2 Å². The first kappa shape index (κ1) is 28.1. The average Bonchev–Trinajstić information content (AvgIpc) is 2.89. The van der Waals surface area contributed by atoms with Crippen LogP contribution in [0, 0.1) is 0 Å². The van der Waals surface area contributed by atoms with Gasteiger partial charge in [-0.1, -0.05) is 36.4 Å². The Hall–Kier alpha value is -3.48. The Morgan fingerprint density at radius 2 is 1.68 bits per heavy atom. The summed E-state index contributed by atoms with van der Waals surface area (Å²) in [5, 5.41) is 9.91. The fourth-order valence-corrected chi connectivity index (χ4v) is 4.19. The first-order chi connectivity index (χ1) is 17.5. The van der Waals surface area contributed by atoms with Gasteiger partial charge < -0.3 is 24.2 Å². The number of aromatic hydroxyl groups is 1. The second-order valence-corrected chi connectivity index (χ2v) is 9.06. The largest absolute Gasteiger partial charge is 0.504 e. The van der Waals surface area contributed by atoms with Gasteiger partial charge in [-0.2, -0.15) is 0 Å². The summed E-state index contributed by atoms with van der Waals surface area (Å²) in [4.78, 5) is 14.9. The first-order valence-corrected chi connectivity index (χ1v) is 12.2. The number of benzene rings is 3. The van der Waals surface area contributed by atoms with E-state index < -0.39 is 0 Å². The molecule has 0 spiro atoms. The Labute approximate surface area is 224 Å². The van der Waals surface area contributed by atoms with Crippen LogP contribution >= 0.6 is 12.4 Å². The molecular weight excluding hydrogens is 490 g/mol. The predicted octanol–water partition coefficient (Wildman–Crippen LogP) is 5.70. The lowest BCUT2D eigenvalue weighted by molar-refractivity contribution is -0.113. The Balaban J connectivity index is 0.00000380. The summed E-state index contributed by atoms with van der Waals surface area (Å²) < 4.78 is 17.2. The number of nitrogens with zero attached hydrogens (tertiary/aromatic N) is 1. The third-order valence-electron chi connectivity index (χ3n) is 6.33. The van der Waals surface area contributed by atoms with Crippen molar-refractivity contribution in [2.24, 2.45) is 0 Å². The minimum atomic E-state index is -0.0341. The lowest BCUT2D eigenvalue weighted by Crippen LogP contribution is -2.35. The molecule has 0 aliphatic carbocycles. The molecule has 0 atom stereocenters. The van der Waals surface area contributed by atoms with E-state index in [0.29, 0.717) is 12.4 Å². The lowest BCUT2D eigenvalue weighted by Gasteiger charge is -2.29. The third kappa shape index (κ3) is 8.27. The molecule has 37 heavy (non-hydrogen) atoms. The second-order valence-electron chi connectivity index (χ2n) is 9.06. The standard InChI is InChI=1S/C30H33NO5.ClH/c1-31-17-15-28(16-18-31)36-27-12-10-26(11-13-27)35-21-24-6-4-3-5-23(24)20-25(32)9-7-22-8-14-30(34-2)29(33)19-22;/h3-14,19,28,33H,15-18,20-21H2,1-2H3;1H/b9-7+;.